The zero-order valence-electron chi connectivity index (χ0n) is 21.8. The number of halogens is 5. The number of hydrogen-bond donors (Lipinski definition) is 0. The molecular weight excluding hydrogens is 590 g/mol. The fourth-order valence-corrected chi connectivity index (χ4v) is 7.10. The predicted octanol–water partition coefficient (Wildman–Crippen LogP) is 4.64. The summed E-state index contributed by atoms with van der Waals surface area (Å²) >= 11 is 5.97. The molecule has 0 saturated carbocycles. The van der Waals surface area contributed by atoms with E-state index in [1.165, 1.54) is 31.2 Å². The number of aromatic nitrogens is 2. The van der Waals surface area contributed by atoms with Gasteiger partial charge in [0.1, 0.15) is 11.6 Å². The van der Waals surface area contributed by atoms with E-state index in [1.54, 1.807) is 4.90 Å². The van der Waals surface area contributed by atoms with Crippen molar-refractivity contribution in [1.29, 1.82) is 0 Å². The number of likely N-dealkylation sites (tertiary alicyclic amines) is 2. The van der Waals surface area contributed by atoms with Crippen molar-refractivity contribution in [2.45, 2.75) is 44.0 Å². The van der Waals surface area contributed by atoms with Gasteiger partial charge in [-0.05, 0) is 56.3 Å². The Morgan fingerprint density at radius 2 is 1.80 bits per heavy atom. The molecule has 2 fully saturated rings. The summed E-state index contributed by atoms with van der Waals surface area (Å²) in [7, 11) is -4.08. The molecule has 220 valence electrons. The average Bonchev–Trinajstić information content (AvgIpc) is 3.40. The number of sulfonamides is 1. The van der Waals surface area contributed by atoms with Gasteiger partial charge >= 0.3 is 6.43 Å². The number of alkyl halides is 2. The molecule has 0 atom stereocenters. The summed E-state index contributed by atoms with van der Waals surface area (Å²) < 4.78 is 88.6. The third-order valence-corrected chi connectivity index (χ3v) is 10.0. The Morgan fingerprint density at radius 3 is 2.39 bits per heavy atom. The average molecular weight is 616 g/mol. The third-order valence-electron chi connectivity index (χ3n) is 7.46. The molecule has 0 bridgehead atoms. The largest absolute Gasteiger partial charge is 0.415 e. The lowest BCUT2D eigenvalue weighted by molar-refractivity contribution is -0.136. The van der Waals surface area contributed by atoms with Crippen molar-refractivity contribution in [3.63, 3.8) is 0 Å². The number of piperidine rings is 1. The molecule has 5 rings (SSSR count). The molecule has 2 aliphatic heterocycles. The van der Waals surface area contributed by atoms with Crippen LogP contribution in [0.5, 0.6) is 0 Å². The minimum Gasteiger partial charge on any atom is -0.415 e. The van der Waals surface area contributed by atoms with E-state index in [0.717, 1.165) is 16.4 Å². The van der Waals surface area contributed by atoms with E-state index in [-0.39, 0.29) is 39.7 Å². The zero-order chi connectivity index (χ0) is 29.5. The van der Waals surface area contributed by atoms with Crippen LogP contribution >= 0.6 is 11.6 Å². The third kappa shape index (κ3) is 6.04. The van der Waals surface area contributed by atoms with Gasteiger partial charge in [0.15, 0.2) is 0 Å². The van der Waals surface area contributed by atoms with Crippen LogP contribution in [0.2, 0.25) is 5.02 Å². The van der Waals surface area contributed by atoms with Crippen molar-refractivity contribution in [2.75, 3.05) is 30.5 Å². The van der Waals surface area contributed by atoms with Crippen LogP contribution in [-0.4, -0.2) is 71.8 Å². The summed E-state index contributed by atoms with van der Waals surface area (Å²) in [5, 5.41) is 5.65. The number of benzene rings is 2. The summed E-state index contributed by atoms with van der Waals surface area (Å²) in [4.78, 5) is 15.4. The fraction of sp³-hybridized carbons (Fsp3) is 0.423. The summed E-state index contributed by atoms with van der Waals surface area (Å²) in [5.41, 5.74) is 0.0797. The Balaban J connectivity index is 1.37. The number of amides is 1. The molecule has 15 heteroatoms. The number of carbonyl (C=O) groups is 1. The minimum absolute atomic E-state index is 0.00239. The maximum absolute atomic E-state index is 15.2. The van der Waals surface area contributed by atoms with E-state index < -0.39 is 45.8 Å². The Morgan fingerprint density at radius 1 is 1.10 bits per heavy atom. The molecule has 0 N–H and O–H groups in total. The second-order valence-electron chi connectivity index (χ2n) is 10.0. The summed E-state index contributed by atoms with van der Waals surface area (Å²) in [6.45, 7) is 3.30. The van der Waals surface area contributed by atoms with Gasteiger partial charge in [-0.3, -0.25) is 14.0 Å². The van der Waals surface area contributed by atoms with Crippen LogP contribution in [0, 0.1) is 11.6 Å². The van der Waals surface area contributed by atoms with E-state index >= 15 is 4.39 Å². The Bertz CT molecular complexity index is 1540. The molecule has 3 heterocycles. The molecule has 2 aliphatic rings. The first-order chi connectivity index (χ1) is 19.4. The molecule has 0 spiro atoms. The molecule has 0 unspecified atom stereocenters. The van der Waals surface area contributed by atoms with Crippen LogP contribution in [0.4, 0.5) is 23.2 Å². The number of nitrogens with zero attached hydrogens (tertiary/aromatic N) is 5. The molecule has 0 radical (unpaired) electrons. The normalized spacial score (nSPS) is 17.2. The van der Waals surface area contributed by atoms with Crippen LogP contribution in [-0.2, 0) is 21.4 Å². The van der Waals surface area contributed by atoms with Crippen LogP contribution in [0.15, 0.2) is 40.8 Å². The second kappa shape index (κ2) is 11.6. The molecular formula is C26H26ClF4N5O4S. The molecule has 3 aromatic rings. The van der Waals surface area contributed by atoms with E-state index in [0.29, 0.717) is 39.0 Å². The minimum atomic E-state index is -4.08. The van der Waals surface area contributed by atoms with Crippen LogP contribution < -0.4 is 4.31 Å². The highest BCUT2D eigenvalue weighted by atomic mass is 35.5. The van der Waals surface area contributed by atoms with Gasteiger partial charge in [0.05, 0.1) is 22.5 Å². The molecule has 9 nitrogen and oxygen atoms in total. The SMILES string of the molecule is CC(=O)N1CC(N2CCC(S(=O)(=O)N(Cc3ccc(-c4nnc(C(F)F)o4)cc3F)c3ccc(F)c(Cl)c3)CC2)C1. The molecule has 0 aliphatic carbocycles. The smallest absolute Gasteiger partial charge is 0.314 e. The van der Waals surface area contributed by atoms with E-state index in [4.69, 9.17) is 16.0 Å². The zero-order valence-corrected chi connectivity index (χ0v) is 23.4. The first-order valence-corrected chi connectivity index (χ1v) is 14.7. The van der Waals surface area contributed by atoms with E-state index in [1.807, 2.05) is 0 Å². The monoisotopic (exact) mass is 615 g/mol. The Labute approximate surface area is 238 Å². The van der Waals surface area contributed by atoms with Crippen molar-refractivity contribution in [1.82, 2.24) is 20.0 Å². The van der Waals surface area contributed by atoms with Gasteiger partial charge < -0.3 is 9.32 Å². The van der Waals surface area contributed by atoms with Gasteiger partial charge in [0.25, 0.3) is 5.89 Å². The van der Waals surface area contributed by atoms with Crippen molar-refractivity contribution in [3.8, 4) is 11.5 Å². The lowest BCUT2D eigenvalue weighted by atomic mass is 10.0. The lowest BCUT2D eigenvalue weighted by Gasteiger charge is -2.47. The standard InChI is InChI=1S/C26H26ClF4N5O4S/c1-15(37)35-13-19(14-35)34-8-6-20(7-9-34)41(38,39)36(18-4-5-22(28)21(27)11-18)12-17-3-2-16(10-23(17)29)25-32-33-26(40-25)24(30)31/h2-5,10-11,19-20,24H,6-9,12-14H2,1H3. The van der Waals surface area contributed by atoms with Gasteiger partial charge in [-0.25, -0.2) is 17.2 Å². The highest BCUT2D eigenvalue weighted by Gasteiger charge is 2.40. The molecule has 1 aromatic heterocycles. The number of carbonyl (C=O) groups excluding carboxylic acids is 1. The first kappa shape index (κ1) is 29.3. The highest BCUT2D eigenvalue weighted by molar-refractivity contribution is 7.93. The highest BCUT2D eigenvalue weighted by Crippen LogP contribution is 2.33. The lowest BCUT2D eigenvalue weighted by Crippen LogP contribution is -2.62. The fourth-order valence-electron chi connectivity index (χ4n) is 5.03. The van der Waals surface area contributed by atoms with Crippen molar-refractivity contribution in [3.05, 3.63) is 64.5 Å². The molecule has 1 amide bonds. The summed E-state index contributed by atoms with van der Waals surface area (Å²) in [6.07, 6.45) is -2.36. The molecule has 2 aromatic carbocycles. The van der Waals surface area contributed by atoms with Crippen LogP contribution in [0.1, 0.15) is 37.6 Å². The van der Waals surface area contributed by atoms with Crippen molar-refractivity contribution in [2.24, 2.45) is 0 Å². The maximum atomic E-state index is 15.2. The Kier molecular flexibility index (Phi) is 8.26. The topological polar surface area (TPSA) is 99.9 Å². The first-order valence-electron chi connectivity index (χ1n) is 12.8. The van der Waals surface area contributed by atoms with Crippen molar-refractivity contribution < 1.29 is 35.2 Å². The van der Waals surface area contributed by atoms with E-state index in [9.17, 15) is 26.4 Å². The maximum Gasteiger partial charge on any atom is 0.314 e. The number of rotatable bonds is 8. The molecule has 2 saturated heterocycles. The van der Waals surface area contributed by atoms with Crippen molar-refractivity contribution >= 4 is 33.2 Å². The quantitative estimate of drug-likeness (QED) is 0.341. The molecule has 41 heavy (non-hydrogen) atoms. The van der Waals surface area contributed by atoms with Crippen LogP contribution in [0.3, 0.4) is 0 Å². The van der Waals surface area contributed by atoms with Gasteiger partial charge in [-0.1, -0.05) is 17.7 Å². The Hall–Kier alpha value is -3.23. The van der Waals surface area contributed by atoms with Gasteiger partial charge in [0, 0.05) is 37.2 Å². The number of anilines is 1. The van der Waals surface area contributed by atoms with Gasteiger partial charge in [-0.2, -0.15) is 8.78 Å². The predicted molar refractivity (Wildman–Crippen MR) is 142 cm³/mol. The van der Waals surface area contributed by atoms with Gasteiger partial charge in [-0.15, -0.1) is 10.2 Å². The summed E-state index contributed by atoms with van der Waals surface area (Å²) in [5.74, 6) is -2.79. The van der Waals surface area contributed by atoms with E-state index in [2.05, 4.69) is 15.1 Å². The second-order valence-corrected chi connectivity index (χ2v) is 12.6. The van der Waals surface area contributed by atoms with Gasteiger partial charge in [0.2, 0.25) is 21.8 Å². The number of hydrogen-bond acceptors (Lipinski definition) is 7. The van der Waals surface area contributed by atoms with Crippen LogP contribution in [0.25, 0.3) is 11.5 Å². The summed E-state index contributed by atoms with van der Waals surface area (Å²) in [6, 6.07) is 7.28.